The number of aliphatic hydroxyl groups is 1. The smallest absolute Gasteiger partial charge is 0.145 e. The molecule has 1 aliphatic heterocycles. The highest BCUT2D eigenvalue weighted by Crippen LogP contribution is 2.06. The number of hydrogen-bond acceptors (Lipinski definition) is 4. The van der Waals surface area contributed by atoms with Crippen molar-refractivity contribution in [2.24, 2.45) is 0 Å². The van der Waals surface area contributed by atoms with Crippen molar-refractivity contribution < 1.29 is 9.90 Å². The van der Waals surface area contributed by atoms with E-state index in [2.05, 4.69) is 24.3 Å². The van der Waals surface area contributed by atoms with E-state index >= 15 is 0 Å². The largest absolute Gasteiger partial charge is 0.389 e. The molecule has 0 spiro atoms. The normalized spacial score (nSPS) is 19.0. The van der Waals surface area contributed by atoms with Crippen molar-refractivity contribution in [2.75, 3.05) is 33.8 Å². The van der Waals surface area contributed by atoms with Gasteiger partial charge in [-0.05, 0) is 40.0 Å². The number of piperidine rings is 1. The van der Waals surface area contributed by atoms with Gasteiger partial charge >= 0.3 is 0 Å². The minimum atomic E-state index is -0.361. The summed E-state index contributed by atoms with van der Waals surface area (Å²) in [7, 11) is 4.24. The van der Waals surface area contributed by atoms with Crippen molar-refractivity contribution in [3.05, 3.63) is 0 Å². The quantitative estimate of drug-likeness (QED) is 0.572. The van der Waals surface area contributed by atoms with E-state index in [1.807, 2.05) is 0 Å². The van der Waals surface area contributed by atoms with Crippen molar-refractivity contribution in [3.63, 3.8) is 0 Å². The highest BCUT2D eigenvalue weighted by atomic mass is 16.3. The molecular weight excluding hydrogens is 168 g/mol. The third-order valence-corrected chi connectivity index (χ3v) is 2.20. The molecule has 1 saturated heterocycles. The molecule has 1 rings (SSSR count). The Balaban J connectivity index is 0.000000310. The van der Waals surface area contributed by atoms with Crippen LogP contribution in [0.1, 0.15) is 12.8 Å². The molecule has 0 saturated carbocycles. The summed E-state index contributed by atoms with van der Waals surface area (Å²) in [5, 5.41) is 10.8. The molecule has 1 aliphatic rings. The molecule has 4 heteroatoms. The Labute approximate surface area is 79.9 Å². The maximum absolute atomic E-state index is 8.92. The number of carbonyl (C=O) groups is 1. The molecule has 0 aromatic rings. The third kappa shape index (κ3) is 6.69. The lowest BCUT2D eigenvalue weighted by molar-refractivity contribution is -0.110. The van der Waals surface area contributed by atoms with Crippen LogP contribution in [0.2, 0.25) is 0 Å². The molecule has 0 bridgehead atoms. The average Bonchev–Trinajstić information content (AvgIpc) is 2.19. The van der Waals surface area contributed by atoms with E-state index in [9.17, 15) is 0 Å². The topological polar surface area (TPSA) is 52.6 Å². The van der Waals surface area contributed by atoms with E-state index in [0.717, 1.165) is 6.04 Å². The first-order chi connectivity index (χ1) is 6.24. The molecule has 0 aliphatic carbocycles. The van der Waals surface area contributed by atoms with E-state index < -0.39 is 0 Å². The number of nitrogens with zero attached hydrogens (tertiary/aromatic N) is 1. The molecule has 0 aromatic carbocycles. The molecule has 13 heavy (non-hydrogen) atoms. The van der Waals surface area contributed by atoms with Gasteiger partial charge in [0.25, 0.3) is 0 Å². The number of likely N-dealkylation sites (tertiary alicyclic amines) is 1. The first-order valence-corrected chi connectivity index (χ1v) is 4.65. The number of carbonyl (C=O) groups excluding carboxylic acids is 1. The molecule has 0 unspecified atom stereocenters. The van der Waals surface area contributed by atoms with Crippen LogP contribution in [0, 0.1) is 0 Å². The van der Waals surface area contributed by atoms with E-state index in [-0.39, 0.29) is 6.61 Å². The summed E-state index contributed by atoms with van der Waals surface area (Å²) in [5.41, 5.74) is 0. The van der Waals surface area contributed by atoms with E-state index in [1.54, 1.807) is 0 Å². The van der Waals surface area contributed by atoms with E-state index in [1.165, 1.54) is 25.9 Å². The second-order valence-corrected chi connectivity index (χ2v) is 3.22. The van der Waals surface area contributed by atoms with E-state index in [4.69, 9.17) is 9.90 Å². The SMILES string of the molecule is CNC1CCN(C)CC1.O=CCO. The number of rotatable bonds is 2. The fourth-order valence-electron chi connectivity index (χ4n) is 1.30. The highest BCUT2D eigenvalue weighted by molar-refractivity contribution is 5.49. The van der Waals surface area contributed by atoms with Gasteiger partial charge in [-0.1, -0.05) is 0 Å². The zero-order valence-corrected chi connectivity index (χ0v) is 8.49. The minimum Gasteiger partial charge on any atom is -0.389 e. The van der Waals surface area contributed by atoms with Crippen molar-refractivity contribution in [3.8, 4) is 0 Å². The zero-order valence-electron chi connectivity index (χ0n) is 8.49. The zero-order chi connectivity index (χ0) is 10.1. The summed E-state index contributed by atoms with van der Waals surface area (Å²) in [6.45, 7) is 2.15. The molecule has 2 N–H and O–H groups in total. The summed E-state index contributed by atoms with van der Waals surface area (Å²) < 4.78 is 0. The summed E-state index contributed by atoms with van der Waals surface area (Å²) in [6.07, 6.45) is 3.06. The molecule has 0 atom stereocenters. The van der Waals surface area contributed by atoms with Gasteiger partial charge in [0.1, 0.15) is 6.29 Å². The lowest BCUT2D eigenvalue weighted by Crippen LogP contribution is -2.39. The maximum atomic E-state index is 8.92. The Bertz CT molecular complexity index is 123. The van der Waals surface area contributed by atoms with Crippen LogP contribution in [0.5, 0.6) is 0 Å². The van der Waals surface area contributed by atoms with Crippen molar-refractivity contribution in [1.82, 2.24) is 10.2 Å². The maximum Gasteiger partial charge on any atom is 0.145 e. The monoisotopic (exact) mass is 188 g/mol. The molecular formula is C9H20N2O2. The van der Waals surface area contributed by atoms with Crippen LogP contribution in [-0.2, 0) is 4.79 Å². The van der Waals surface area contributed by atoms with Crippen LogP contribution in [-0.4, -0.2) is 56.1 Å². The molecule has 1 heterocycles. The minimum absolute atomic E-state index is 0.361. The van der Waals surface area contributed by atoms with Crippen LogP contribution >= 0.6 is 0 Å². The predicted octanol–water partition coefficient (Wildman–Crippen LogP) is -0.522. The number of hydrogen-bond donors (Lipinski definition) is 2. The lowest BCUT2D eigenvalue weighted by Gasteiger charge is -2.28. The fourth-order valence-corrected chi connectivity index (χ4v) is 1.30. The predicted molar refractivity (Wildman–Crippen MR) is 52.7 cm³/mol. The fraction of sp³-hybridized carbons (Fsp3) is 0.889. The van der Waals surface area contributed by atoms with Gasteiger partial charge in [-0.3, -0.25) is 0 Å². The van der Waals surface area contributed by atoms with Gasteiger partial charge in [-0.15, -0.1) is 0 Å². The Morgan fingerprint density at radius 3 is 2.31 bits per heavy atom. The summed E-state index contributed by atoms with van der Waals surface area (Å²) in [4.78, 5) is 11.3. The molecule has 0 amide bonds. The van der Waals surface area contributed by atoms with Gasteiger partial charge in [0, 0.05) is 6.04 Å². The first kappa shape index (κ1) is 12.6. The van der Waals surface area contributed by atoms with Gasteiger partial charge in [-0.2, -0.15) is 0 Å². The van der Waals surface area contributed by atoms with Gasteiger partial charge in [0.05, 0.1) is 6.61 Å². The third-order valence-electron chi connectivity index (χ3n) is 2.20. The summed E-state index contributed by atoms with van der Waals surface area (Å²) in [6, 6.07) is 0.779. The Kier molecular flexibility index (Phi) is 7.88. The Morgan fingerprint density at radius 2 is 2.00 bits per heavy atom. The van der Waals surface area contributed by atoms with Crippen LogP contribution in [0.15, 0.2) is 0 Å². The van der Waals surface area contributed by atoms with Crippen molar-refractivity contribution in [1.29, 1.82) is 0 Å². The second kappa shape index (κ2) is 8.16. The standard InChI is InChI=1S/C7H16N2.C2H4O2/c1-8-7-3-5-9(2)6-4-7;3-1-2-4/h7-8H,3-6H2,1-2H3;1,4H,2H2. The van der Waals surface area contributed by atoms with Gasteiger partial charge in [0.2, 0.25) is 0 Å². The van der Waals surface area contributed by atoms with Crippen molar-refractivity contribution in [2.45, 2.75) is 18.9 Å². The van der Waals surface area contributed by atoms with Gasteiger partial charge in [0.15, 0.2) is 0 Å². The molecule has 0 aromatic heterocycles. The average molecular weight is 188 g/mol. The van der Waals surface area contributed by atoms with Crippen LogP contribution < -0.4 is 5.32 Å². The molecule has 78 valence electrons. The second-order valence-electron chi connectivity index (χ2n) is 3.22. The van der Waals surface area contributed by atoms with Gasteiger partial charge < -0.3 is 20.1 Å². The number of nitrogens with one attached hydrogen (secondary N) is 1. The number of aliphatic hydroxyl groups excluding tert-OH is 1. The molecule has 1 fully saturated rings. The summed E-state index contributed by atoms with van der Waals surface area (Å²) in [5.74, 6) is 0. The first-order valence-electron chi connectivity index (χ1n) is 4.65. The van der Waals surface area contributed by atoms with E-state index in [0.29, 0.717) is 6.29 Å². The number of aldehydes is 1. The van der Waals surface area contributed by atoms with Crippen LogP contribution in [0.3, 0.4) is 0 Å². The molecule has 0 radical (unpaired) electrons. The summed E-state index contributed by atoms with van der Waals surface area (Å²) >= 11 is 0. The van der Waals surface area contributed by atoms with Crippen LogP contribution in [0.25, 0.3) is 0 Å². The Hall–Kier alpha value is -0.450. The lowest BCUT2D eigenvalue weighted by atomic mass is 10.1. The van der Waals surface area contributed by atoms with Crippen molar-refractivity contribution >= 4 is 6.29 Å². The van der Waals surface area contributed by atoms with Crippen LogP contribution in [0.4, 0.5) is 0 Å². The molecule has 4 nitrogen and oxygen atoms in total. The Morgan fingerprint density at radius 1 is 1.54 bits per heavy atom. The van der Waals surface area contributed by atoms with Gasteiger partial charge in [-0.25, -0.2) is 0 Å². The highest BCUT2D eigenvalue weighted by Gasteiger charge is 2.13.